The number of hydrogen-bond donors (Lipinski definition) is 1. The summed E-state index contributed by atoms with van der Waals surface area (Å²) in [7, 11) is -3.95. The van der Waals surface area contributed by atoms with Crippen molar-refractivity contribution in [1.29, 1.82) is 0 Å². The fraction of sp³-hybridized carbons (Fsp3) is 0. The molecule has 1 aromatic carbocycles. The second kappa shape index (κ2) is 6.36. The van der Waals surface area contributed by atoms with Crippen molar-refractivity contribution >= 4 is 73.7 Å². The number of halogens is 5. The van der Waals surface area contributed by atoms with Crippen LogP contribution in [0.3, 0.4) is 0 Å². The van der Waals surface area contributed by atoms with Crippen LogP contribution >= 0.6 is 58.0 Å². The van der Waals surface area contributed by atoms with Gasteiger partial charge < -0.3 is 0 Å². The van der Waals surface area contributed by atoms with E-state index in [1.165, 1.54) is 18.2 Å². The van der Waals surface area contributed by atoms with Crippen LogP contribution in [0, 0.1) is 0 Å². The topological polar surface area (TPSA) is 59.1 Å². The van der Waals surface area contributed by atoms with E-state index in [4.69, 9.17) is 58.0 Å². The third-order valence-corrected chi connectivity index (χ3v) is 5.39. The van der Waals surface area contributed by atoms with E-state index < -0.39 is 10.0 Å². The van der Waals surface area contributed by atoms with Gasteiger partial charge in [0.05, 0.1) is 25.8 Å². The van der Waals surface area contributed by atoms with Crippen molar-refractivity contribution in [3.05, 3.63) is 49.6 Å². The summed E-state index contributed by atoms with van der Waals surface area (Å²) in [4.78, 5) is 3.51. The molecule has 1 N–H and O–H groups in total. The number of anilines is 1. The lowest BCUT2D eigenvalue weighted by atomic mass is 10.3. The zero-order valence-electron chi connectivity index (χ0n) is 9.87. The van der Waals surface area contributed by atoms with Crippen LogP contribution in [0.4, 0.5) is 5.69 Å². The molecule has 0 spiro atoms. The zero-order chi connectivity index (χ0) is 15.8. The second-order valence-electron chi connectivity index (χ2n) is 3.80. The number of pyridine rings is 1. The summed E-state index contributed by atoms with van der Waals surface area (Å²) in [5, 5.41) is 0.482. The first-order valence-electron chi connectivity index (χ1n) is 5.19. The summed E-state index contributed by atoms with van der Waals surface area (Å²) in [6, 6.07) is 3.80. The van der Waals surface area contributed by atoms with Crippen molar-refractivity contribution in [2.75, 3.05) is 4.72 Å². The highest BCUT2D eigenvalue weighted by atomic mass is 35.5. The fourth-order valence-corrected chi connectivity index (χ4v) is 3.38. The lowest BCUT2D eigenvalue weighted by molar-refractivity contribution is 0.601. The summed E-state index contributed by atoms with van der Waals surface area (Å²) in [6.07, 6.45) is 1.07. The standard InChI is InChI=1S/C11H5Cl5N2O2S/c12-6-2-8(14)10(3-7(6)13)18-21(19,20)5-1-9(15)11(16)17-4-5/h1-4,18H. The smallest absolute Gasteiger partial charge is 0.263 e. The molecule has 21 heavy (non-hydrogen) atoms. The predicted molar refractivity (Wildman–Crippen MR) is 86.5 cm³/mol. The molecular weight excluding hydrogens is 401 g/mol. The van der Waals surface area contributed by atoms with Gasteiger partial charge >= 0.3 is 0 Å². The van der Waals surface area contributed by atoms with Gasteiger partial charge in [0.25, 0.3) is 10.0 Å². The maximum atomic E-state index is 12.2. The van der Waals surface area contributed by atoms with Crippen LogP contribution in [0.1, 0.15) is 0 Å². The molecule has 0 saturated carbocycles. The third-order valence-electron chi connectivity index (χ3n) is 2.34. The minimum atomic E-state index is -3.95. The Kier molecular flexibility index (Phi) is 5.13. The molecule has 1 heterocycles. The van der Waals surface area contributed by atoms with Crippen molar-refractivity contribution in [2.24, 2.45) is 0 Å². The normalized spacial score (nSPS) is 11.5. The van der Waals surface area contributed by atoms with E-state index in [-0.39, 0.29) is 35.8 Å². The van der Waals surface area contributed by atoms with Crippen molar-refractivity contribution in [2.45, 2.75) is 4.90 Å². The number of nitrogens with one attached hydrogen (secondary N) is 1. The van der Waals surface area contributed by atoms with Crippen molar-refractivity contribution < 1.29 is 8.42 Å². The van der Waals surface area contributed by atoms with Gasteiger partial charge in [-0.1, -0.05) is 58.0 Å². The molecule has 0 aliphatic heterocycles. The molecule has 0 unspecified atom stereocenters. The van der Waals surface area contributed by atoms with Gasteiger partial charge in [-0.3, -0.25) is 4.72 Å². The fourth-order valence-electron chi connectivity index (χ4n) is 1.36. The maximum Gasteiger partial charge on any atom is 0.263 e. The Labute approximate surface area is 146 Å². The highest BCUT2D eigenvalue weighted by Gasteiger charge is 2.18. The maximum absolute atomic E-state index is 12.2. The predicted octanol–water partition coefficient (Wildman–Crippen LogP) is 5.15. The molecule has 4 nitrogen and oxygen atoms in total. The molecule has 0 radical (unpaired) electrons. The molecular formula is C11H5Cl5N2O2S. The van der Waals surface area contributed by atoms with Gasteiger partial charge in [-0.2, -0.15) is 0 Å². The van der Waals surface area contributed by atoms with Gasteiger partial charge in [-0.15, -0.1) is 0 Å². The molecule has 10 heteroatoms. The largest absolute Gasteiger partial charge is 0.278 e. The summed E-state index contributed by atoms with van der Waals surface area (Å²) >= 11 is 28.9. The van der Waals surface area contributed by atoms with Crippen molar-refractivity contribution in [3.8, 4) is 0 Å². The Morgan fingerprint density at radius 3 is 2.10 bits per heavy atom. The molecule has 0 aliphatic rings. The van der Waals surface area contributed by atoms with Crippen LogP contribution in [-0.2, 0) is 10.0 Å². The Bertz CT molecular complexity index is 811. The Balaban J connectivity index is 2.42. The van der Waals surface area contributed by atoms with E-state index in [1.54, 1.807) is 0 Å². The first-order chi connectivity index (χ1) is 9.70. The van der Waals surface area contributed by atoms with Crippen molar-refractivity contribution in [1.82, 2.24) is 4.98 Å². The molecule has 0 aliphatic carbocycles. The van der Waals surface area contributed by atoms with Crippen molar-refractivity contribution in [3.63, 3.8) is 0 Å². The van der Waals surface area contributed by atoms with Gasteiger partial charge in [0.1, 0.15) is 10.0 Å². The first kappa shape index (κ1) is 16.9. The first-order valence-corrected chi connectivity index (χ1v) is 8.56. The van der Waals surface area contributed by atoms with Gasteiger partial charge in [-0.05, 0) is 18.2 Å². The van der Waals surface area contributed by atoms with Gasteiger partial charge in [0.15, 0.2) is 0 Å². The third kappa shape index (κ3) is 3.86. The number of sulfonamides is 1. The van der Waals surface area contributed by atoms with Crippen LogP contribution < -0.4 is 4.72 Å². The molecule has 0 bridgehead atoms. The molecule has 2 rings (SSSR count). The minimum Gasteiger partial charge on any atom is -0.278 e. The molecule has 0 fully saturated rings. The van der Waals surface area contributed by atoms with E-state index in [9.17, 15) is 8.42 Å². The number of hydrogen-bond acceptors (Lipinski definition) is 3. The van der Waals surface area contributed by atoms with Crippen LogP contribution in [0.2, 0.25) is 25.2 Å². The zero-order valence-corrected chi connectivity index (χ0v) is 14.5. The molecule has 0 amide bonds. The van der Waals surface area contributed by atoms with E-state index in [2.05, 4.69) is 9.71 Å². The Morgan fingerprint density at radius 1 is 0.857 bits per heavy atom. The highest BCUT2D eigenvalue weighted by molar-refractivity contribution is 7.92. The average molecular weight is 407 g/mol. The molecule has 1 aromatic heterocycles. The number of benzene rings is 1. The number of aromatic nitrogens is 1. The lowest BCUT2D eigenvalue weighted by Crippen LogP contribution is -2.13. The van der Waals surface area contributed by atoms with Crippen LogP contribution in [0.15, 0.2) is 29.3 Å². The second-order valence-corrected chi connectivity index (χ2v) is 7.46. The van der Waals surface area contributed by atoms with E-state index in [1.807, 2.05) is 0 Å². The SMILES string of the molecule is O=S(=O)(Nc1cc(Cl)c(Cl)cc1Cl)c1cnc(Cl)c(Cl)c1. The summed E-state index contributed by atoms with van der Waals surface area (Å²) in [6.45, 7) is 0. The monoisotopic (exact) mass is 404 g/mol. The van der Waals surface area contributed by atoms with Crippen LogP contribution in [-0.4, -0.2) is 13.4 Å². The van der Waals surface area contributed by atoms with Gasteiger partial charge in [0.2, 0.25) is 0 Å². The average Bonchev–Trinajstić information content (AvgIpc) is 2.39. The molecule has 0 saturated heterocycles. The number of nitrogens with zero attached hydrogens (tertiary/aromatic N) is 1. The van der Waals surface area contributed by atoms with E-state index in [0.29, 0.717) is 0 Å². The summed E-state index contributed by atoms with van der Waals surface area (Å²) in [5.41, 5.74) is 0.0807. The Hall–Kier alpha value is -0.430. The van der Waals surface area contributed by atoms with Crippen LogP contribution in [0.5, 0.6) is 0 Å². The van der Waals surface area contributed by atoms with E-state index in [0.717, 1.165) is 6.20 Å². The van der Waals surface area contributed by atoms with E-state index >= 15 is 0 Å². The highest BCUT2D eigenvalue weighted by Crippen LogP contribution is 2.33. The quantitative estimate of drug-likeness (QED) is 0.566. The molecule has 112 valence electrons. The molecule has 2 aromatic rings. The minimum absolute atomic E-state index is 0.00295. The van der Waals surface area contributed by atoms with Crippen LogP contribution in [0.25, 0.3) is 0 Å². The Morgan fingerprint density at radius 2 is 1.48 bits per heavy atom. The summed E-state index contributed by atoms with van der Waals surface area (Å²) in [5.74, 6) is 0. The van der Waals surface area contributed by atoms with Gasteiger partial charge in [0, 0.05) is 6.20 Å². The summed E-state index contributed by atoms with van der Waals surface area (Å²) < 4.78 is 26.7. The lowest BCUT2D eigenvalue weighted by Gasteiger charge is -2.11. The van der Waals surface area contributed by atoms with Gasteiger partial charge in [-0.25, -0.2) is 13.4 Å². The number of rotatable bonds is 3. The molecule has 0 atom stereocenters.